The number of hydrogen-bond acceptors (Lipinski definition) is 5. The van der Waals surface area contributed by atoms with E-state index in [1.54, 1.807) is 24.4 Å². The molecule has 0 saturated carbocycles. The van der Waals surface area contributed by atoms with Crippen molar-refractivity contribution in [3.63, 3.8) is 0 Å². The number of rotatable bonds is 4. The molecule has 0 aliphatic heterocycles. The number of halogens is 2. The third-order valence-corrected chi connectivity index (χ3v) is 3.81. The maximum absolute atomic E-state index is 11.5. The van der Waals surface area contributed by atoms with Gasteiger partial charge in [-0.05, 0) is 18.2 Å². The Morgan fingerprint density at radius 1 is 1.47 bits per heavy atom. The molecule has 0 fully saturated rings. The first-order valence-corrected chi connectivity index (χ1v) is 6.89. The van der Waals surface area contributed by atoms with Crippen LogP contribution in [-0.2, 0) is 11.3 Å². The number of aromatic nitrogens is 1. The molecule has 4 nitrogen and oxygen atoms in total. The number of carbonyl (C=O) groups is 1. The average Bonchev–Trinajstić information content (AvgIpc) is 2.83. The molecule has 0 bridgehead atoms. The maximum Gasteiger partial charge on any atom is 0.339 e. The lowest BCUT2D eigenvalue weighted by Gasteiger charge is -2.08. The van der Waals surface area contributed by atoms with E-state index in [0.29, 0.717) is 21.6 Å². The highest BCUT2D eigenvalue weighted by atomic mass is 35.5. The number of carbonyl (C=O) groups excluding carboxylic acids is 1. The first kappa shape index (κ1) is 14.1. The molecular formula is C12H10Cl2N2O2S. The summed E-state index contributed by atoms with van der Waals surface area (Å²) in [5.74, 6) is -0.463. The topological polar surface area (TPSA) is 51.2 Å². The van der Waals surface area contributed by atoms with Crippen molar-refractivity contribution in [1.82, 2.24) is 4.98 Å². The maximum atomic E-state index is 11.5. The molecule has 0 saturated heterocycles. The van der Waals surface area contributed by atoms with Gasteiger partial charge in [-0.15, -0.1) is 11.3 Å². The SMILES string of the molecule is COC(=O)c1cc(NCc2cnc(Cl)s2)ccc1Cl. The number of ether oxygens (including phenoxy) is 1. The number of thiazole rings is 1. The van der Waals surface area contributed by atoms with Crippen LogP contribution >= 0.6 is 34.5 Å². The number of anilines is 1. The van der Waals surface area contributed by atoms with Crippen LogP contribution in [0.4, 0.5) is 5.69 Å². The fraction of sp³-hybridized carbons (Fsp3) is 0.167. The molecule has 7 heteroatoms. The minimum atomic E-state index is -0.463. The summed E-state index contributed by atoms with van der Waals surface area (Å²) in [4.78, 5) is 16.5. The van der Waals surface area contributed by atoms with Crippen LogP contribution in [0.25, 0.3) is 0 Å². The molecule has 0 aliphatic carbocycles. The molecule has 0 atom stereocenters. The van der Waals surface area contributed by atoms with E-state index < -0.39 is 5.97 Å². The Balaban J connectivity index is 2.10. The molecular weight excluding hydrogens is 307 g/mol. The molecule has 2 aromatic rings. The zero-order valence-corrected chi connectivity index (χ0v) is 12.3. The minimum absolute atomic E-state index is 0.330. The third-order valence-electron chi connectivity index (χ3n) is 2.36. The summed E-state index contributed by atoms with van der Waals surface area (Å²) in [5.41, 5.74) is 1.10. The van der Waals surface area contributed by atoms with Crippen molar-refractivity contribution in [2.75, 3.05) is 12.4 Å². The van der Waals surface area contributed by atoms with Gasteiger partial charge in [0, 0.05) is 16.8 Å². The number of esters is 1. The fourth-order valence-electron chi connectivity index (χ4n) is 1.46. The lowest BCUT2D eigenvalue weighted by atomic mass is 10.2. The van der Waals surface area contributed by atoms with E-state index in [0.717, 1.165) is 10.6 Å². The second-order valence-electron chi connectivity index (χ2n) is 3.62. The van der Waals surface area contributed by atoms with Gasteiger partial charge < -0.3 is 10.1 Å². The summed E-state index contributed by atoms with van der Waals surface area (Å²) in [6.07, 6.45) is 1.71. The summed E-state index contributed by atoms with van der Waals surface area (Å²) in [6.45, 7) is 0.576. The van der Waals surface area contributed by atoms with Crippen molar-refractivity contribution in [2.24, 2.45) is 0 Å². The van der Waals surface area contributed by atoms with Crippen LogP contribution in [0.15, 0.2) is 24.4 Å². The molecule has 2 rings (SSSR count). The summed E-state index contributed by atoms with van der Waals surface area (Å²) in [6, 6.07) is 5.09. The van der Waals surface area contributed by atoms with Crippen LogP contribution in [-0.4, -0.2) is 18.1 Å². The van der Waals surface area contributed by atoms with Gasteiger partial charge in [-0.25, -0.2) is 9.78 Å². The number of nitrogens with one attached hydrogen (secondary N) is 1. The van der Waals surface area contributed by atoms with Crippen LogP contribution in [0.5, 0.6) is 0 Å². The predicted molar refractivity (Wildman–Crippen MR) is 77.2 cm³/mol. The standard InChI is InChI=1S/C12H10Cl2N2O2S/c1-18-11(17)9-4-7(2-3-10(9)13)15-5-8-6-16-12(14)19-8/h2-4,6,15H,5H2,1H3. The highest BCUT2D eigenvalue weighted by molar-refractivity contribution is 7.15. The van der Waals surface area contributed by atoms with Gasteiger partial charge in [0.25, 0.3) is 0 Å². The molecule has 0 aliphatic rings. The first-order valence-electron chi connectivity index (χ1n) is 5.32. The summed E-state index contributed by atoms with van der Waals surface area (Å²) >= 11 is 13.1. The molecule has 100 valence electrons. The minimum Gasteiger partial charge on any atom is -0.465 e. The Labute approximate surface area is 124 Å². The molecule has 0 radical (unpaired) electrons. The van der Waals surface area contributed by atoms with E-state index in [4.69, 9.17) is 23.2 Å². The van der Waals surface area contributed by atoms with Gasteiger partial charge in [0.05, 0.1) is 24.2 Å². The molecule has 0 amide bonds. The zero-order valence-electron chi connectivity index (χ0n) is 9.94. The second-order valence-corrected chi connectivity index (χ2v) is 5.72. The molecule has 19 heavy (non-hydrogen) atoms. The van der Waals surface area contributed by atoms with Gasteiger partial charge in [-0.1, -0.05) is 23.2 Å². The monoisotopic (exact) mass is 316 g/mol. The lowest BCUT2D eigenvalue weighted by Crippen LogP contribution is -2.04. The highest BCUT2D eigenvalue weighted by Gasteiger charge is 2.11. The van der Waals surface area contributed by atoms with E-state index in [2.05, 4.69) is 15.0 Å². The van der Waals surface area contributed by atoms with Gasteiger partial charge in [0.15, 0.2) is 4.47 Å². The van der Waals surface area contributed by atoms with Gasteiger partial charge in [0.2, 0.25) is 0 Å². The van der Waals surface area contributed by atoms with Gasteiger partial charge >= 0.3 is 5.97 Å². The van der Waals surface area contributed by atoms with Gasteiger partial charge in [0.1, 0.15) is 0 Å². The Morgan fingerprint density at radius 3 is 2.89 bits per heavy atom. The van der Waals surface area contributed by atoms with Crippen molar-refractivity contribution in [3.05, 3.63) is 44.3 Å². The highest BCUT2D eigenvalue weighted by Crippen LogP contribution is 2.23. The van der Waals surface area contributed by atoms with Crippen LogP contribution in [0.3, 0.4) is 0 Å². The molecule has 1 aromatic heterocycles. The summed E-state index contributed by atoms with van der Waals surface area (Å²) in [5, 5.41) is 3.53. The predicted octanol–water partition coefficient (Wildman–Crippen LogP) is 3.85. The van der Waals surface area contributed by atoms with Crippen LogP contribution in [0.1, 0.15) is 15.2 Å². The van der Waals surface area contributed by atoms with E-state index >= 15 is 0 Å². The molecule has 1 aromatic carbocycles. The smallest absolute Gasteiger partial charge is 0.339 e. The Bertz CT molecular complexity index is 601. The number of hydrogen-bond donors (Lipinski definition) is 1. The van der Waals surface area contributed by atoms with Crippen molar-refractivity contribution in [1.29, 1.82) is 0 Å². The van der Waals surface area contributed by atoms with Crippen molar-refractivity contribution < 1.29 is 9.53 Å². The molecule has 1 heterocycles. The van der Waals surface area contributed by atoms with E-state index in [9.17, 15) is 4.79 Å². The zero-order chi connectivity index (χ0) is 13.8. The van der Waals surface area contributed by atoms with Crippen molar-refractivity contribution in [3.8, 4) is 0 Å². The van der Waals surface area contributed by atoms with Crippen LogP contribution < -0.4 is 5.32 Å². The van der Waals surface area contributed by atoms with E-state index in [1.165, 1.54) is 18.4 Å². The number of methoxy groups -OCH3 is 1. The van der Waals surface area contributed by atoms with Gasteiger partial charge in [-0.2, -0.15) is 0 Å². The largest absolute Gasteiger partial charge is 0.465 e. The lowest BCUT2D eigenvalue weighted by molar-refractivity contribution is 0.0601. The second kappa shape index (κ2) is 6.23. The fourth-order valence-corrected chi connectivity index (χ4v) is 2.57. The first-order chi connectivity index (χ1) is 9.10. The van der Waals surface area contributed by atoms with E-state index in [1.807, 2.05) is 0 Å². The average molecular weight is 317 g/mol. The number of nitrogens with zero attached hydrogens (tertiary/aromatic N) is 1. The van der Waals surface area contributed by atoms with E-state index in [-0.39, 0.29) is 0 Å². The third kappa shape index (κ3) is 3.59. The quantitative estimate of drug-likeness (QED) is 0.870. The van der Waals surface area contributed by atoms with Crippen molar-refractivity contribution >= 4 is 46.2 Å². The Morgan fingerprint density at radius 2 is 2.26 bits per heavy atom. The Hall–Kier alpha value is -1.30. The normalized spacial score (nSPS) is 10.3. The van der Waals surface area contributed by atoms with Gasteiger partial charge in [-0.3, -0.25) is 0 Å². The Kier molecular flexibility index (Phi) is 4.63. The van der Waals surface area contributed by atoms with Crippen LogP contribution in [0, 0.1) is 0 Å². The molecule has 0 unspecified atom stereocenters. The molecule has 1 N–H and O–H groups in total. The summed E-state index contributed by atoms with van der Waals surface area (Å²) in [7, 11) is 1.32. The van der Waals surface area contributed by atoms with Crippen molar-refractivity contribution in [2.45, 2.75) is 6.54 Å². The number of benzene rings is 1. The van der Waals surface area contributed by atoms with Crippen LogP contribution in [0.2, 0.25) is 9.49 Å². The molecule has 0 spiro atoms. The summed E-state index contributed by atoms with van der Waals surface area (Å²) < 4.78 is 5.16.